The number of hydrogen-bond donors (Lipinski definition) is 1. The molecule has 2 aliphatic heterocycles. The second-order valence-corrected chi connectivity index (χ2v) is 7.43. The molecule has 1 N–H and O–H groups in total. The van der Waals surface area contributed by atoms with Crippen LogP contribution in [0.4, 0.5) is 0 Å². The minimum Gasteiger partial charge on any atom is -0.357 e. The number of likely N-dealkylation sites (N-methyl/N-ethyl adjacent to an activating group) is 2. The molecule has 2 fully saturated rings. The van der Waals surface area contributed by atoms with Crippen molar-refractivity contribution in [3.05, 3.63) is 0 Å². The molecule has 2 saturated heterocycles. The Morgan fingerprint density at radius 3 is 2.62 bits per heavy atom. The highest BCUT2D eigenvalue weighted by molar-refractivity contribution is 5.80. The molecule has 5 heteroatoms. The fourth-order valence-electron chi connectivity index (χ4n) is 3.21. The molecule has 0 amide bonds. The quantitative estimate of drug-likeness (QED) is 0.620. The van der Waals surface area contributed by atoms with Crippen LogP contribution in [0.15, 0.2) is 4.99 Å². The fourth-order valence-corrected chi connectivity index (χ4v) is 3.21. The molecule has 1 unspecified atom stereocenters. The van der Waals surface area contributed by atoms with Crippen LogP contribution in [0, 0.1) is 5.41 Å². The molecule has 0 aromatic heterocycles. The van der Waals surface area contributed by atoms with E-state index in [0.29, 0.717) is 11.5 Å². The zero-order valence-electron chi connectivity index (χ0n) is 14.5. The van der Waals surface area contributed by atoms with Crippen LogP contribution in [0.25, 0.3) is 0 Å². The van der Waals surface area contributed by atoms with Gasteiger partial charge in [-0.25, -0.2) is 0 Å². The summed E-state index contributed by atoms with van der Waals surface area (Å²) in [6, 6.07) is 0.535. The van der Waals surface area contributed by atoms with Gasteiger partial charge >= 0.3 is 0 Å². The van der Waals surface area contributed by atoms with Crippen molar-refractivity contribution < 1.29 is 0 Å². The van der Waals surface area contributed by atoms with Gasteiger partial charge in [0.2, 0.25) is 0 Å². The van der Waals surface area contributed by atoms with Crippen LogP contribution in [0.5, 0.6) is 0 Å². The van der Waals surface area contributed by atoms with Gasteiger partial charge in [0.05, 0.1) is 6.54 Å². The molecule has 0 aromatic carbocycles. The van der Waals surface area contributed by atoms with Gasteiger partial charge in [0, 0.05) is 45.3 Å². The summed E-state index contributed by atoms with van der Waals surface area (Å²) in [5, 5.41) is 3.47. The average molecular weight is 295 g/mol. The van der Waals surface area contributed by atoms with Crippen LogP contribution in [0.3, 0.4) is 0 Å². The highest BCUT2D eigenvalue weighted by atomic mass is 15.3. The first-order valence-electron chi connectivity index (χ1n) is 8.33. The molecule has 0 spiro atoms. The number of nitrogens with zero attached hydrogens (tertiary/aromatic N) is 4. The monoisotopic (exact) mass is 295 g/mol. The van der Waals surface area contributed by atoms with E-state index in [4.69, 9.17) is 4.99 Å². The van der Waals surface area contributed by atoms with Crippen LogP contribution in [-0.2, 0) is 0 Å². The lowest BCUT2D eigenvalue weighted by atomic mass is 9.93. The maximum atomic E-state index is 4.93. The van der Waals surface area contributed by atoms with Crippen LogP contribution < -0.4 is 5.32 Å². The highest BCUT2D eigenvalue weighted by Gasteiger charge is 2.31. The van der Waals surface area contributed by atoms with Gasteiger partial charge in [-0.1, -0.05) is 13.8 Å². The van der Waals surface area contributed by atoms with Crippen molar-refractivity contribution in [1.29, 1.82) is 0 Å². The predicted molar refractivity (Wildman–Crippen MR) is 89.9 cm³/mol. The molecule has 21 heavy (non-hydrogen) atoms. The minimum atomic E-state index is 0.415. The molecule has 0 radical (unpaired) electrons. The Bertz CT molecular complexity index is 366. The van der Waals surface area contributed by atoms with Crippen molar-refractivity contribution in [1.82, 2.24) is 20.0 Å². The van der Waals surface area contributed by atoms with E-state index >= 15 is 0 Å². The zero-order valence-corrected chi connectivity index (χ0v) is 14.5. The van der Waals surface area contributed by atoms with E-state index < -0.39 is 0 Å². The summed E-state index contributed by atoms with van der Waals surface area (Å²) in [6.07, 6.45) is 1.25. The number of nitrogens with one attached hydrogen (secondary N) is 1. The predicted octanol–water partition coefficient (Wildman–Crippen LogP) is 0.930. The molecule has 2 rings (SSSR count). The summed E-state index contributed by atoms with van der Waals surface area (Å²) in [5.74, 6) is 1.10. The van der Waals surface area contributed by atoms with Gasteiger partial charge in [-0.2, -0.15) is 0 Å². The number of guanidine groups is 1. The Morgan fingerprint density at radius 1 is 1.24 bits per heavy atom. The number of likely N-dealkylation sites (tertiary alicyclic amines) is 1. The lowest BCUT2D eigenvalue weighted by Gasteiger charge is -2.37. The van der Waals surface area contributed by atoms with E-state index in [0.717, 1.165) is 51.8 Å². The van der Waals surface area contributed by atoms with Gasteiger partial charge in [-0.3, -0.25) is 9.89 Å². The van der Waals surface area contributed by atoms with E-state index in [1.54, 1.807) is 0 Å². The molecule has 0 aliphatic carbocycles. The SMILES string of the molecule is CCNC(=NCC1CN(C)CCN1C)N1CCC(C)(C)C1. The molecular weight excluding hydrogens is 262 g/mol. The van der Waals surface area contributed by atoms with Crippen LogP contribution in [-0.4, -0.2) is 86.6 Å². The Morgan fingerprint density at radius 2 is 2.00 bits per heavy atom. The number of piperazine rings is 1. The summed E-state index contributed by atoms with van der Waals surface area (Å²) in [6.45, 7) is 14.3. The maximum Gasteiger partial charge on any atom is 0.193 e. The highest BCUT2D eigenvalue weighted by Crippen LogP contribution is 2.28. The third kappa shape index (κ3) is 4.58. The second kappa shape index (κ2) is 6.97. The Labute approximate surface area is 130 Å². The van der Waals surface area contributed by atoms with Gasteiger partial charge in [0.15, 0.2) is 5.96 Å². The Balaban J connectivity index is 1.97. The maximum absolute atomic E-state index is 4.93. The average Bonchev–Trinajstić information content (AvgIpc) is 2.78. The van der Waals surface area contributed by atoms with E-state index in [1.807, 2.05) is 0 Å². The first kappa shape index (κ1) is 16.6. The normalized spacial score (nSPS) is 28.1. The van der Waals surface area contributed by atoms with Crippen molar-refractivity contribution >= 4 is 5.96 Å². The zero-order chi connectivity index (χ0) is 15.5. The van der Waals surface area contributed by atoms with E-state index in [-0.39, 0.29) is 0 Å². The van der Waals surface area contributed by atoms with Crippen LogP contribution >= 0.6 is 0 Å². The summed E-state index contributed by atoms with van der Waals surface area (Å²) in [5.41, 5.74) is 0.415. The van der Waals surface area contributed by atoms with Gasteiger partial charge in [-0.15, -0.1) is 0 Å². The number of hydrogen-bond acceptors (Lipinski definition) is 3. The van der Waals surface area contributed by atoms with Crippen LogP contribution in [0.1, 0.15) is 27.2 Å². The van der Waals surface area contributed by atoms with E-state index in [1.165, 1.54) is 6.42 Å². The smallest absolute Gasteiger partial charge is 0.193 e. The van der Waals surface area contributed by atoms with Crippen molar-refractivity contribution in [2.24, 2.45) is 10.4 Å². The first-order valence-corrected chi connectivity index (χ1v) is 8.33. The molecule has 0 saturated carbocycles. The topological polar surface area (TPSA) is 34.1 Å². The van der Waals surface area contributed by atoms with Crippen LogP contribution in [0.2, 0.25) is 0 Å². The number of aliphatic imine (C=N–C) groups is 1. The Hall–Kier alpha value is -0.810. The van der Waals surface area contributed by atoms with Gasteiger partial charge in [0.25, 0.3) is 0 Å². The first-order chi connectivity index (χ1) is 9.91. The molecule has 122 valence electrons. The molecule has 1 atom stereocenters. The van der Waals surface area contributed by atoms with Gasteiger partial charge in [0.1, 0.15) is 0 Å². The van der Waals surface area contributed by atoms with Crippen molar-refractivity contribution in [3.8, 4) is 0 Å². The van der Waals surface area contributed by atoms with E-state index in [2.05, 4.69) is 54.9 Å². The van der Waals surface area contributed by atoms with Crippen molar-refractivity contribution in [2.45, 2.75) is 33.2 Å². The Kier molecular flexibility index (Phi) is 5.49. The molecule has 2 aliphatic rings. The van der Waals surface area contributed by atoms with E-state index in [9.17, 15) is 0 Å². The lowest BCUT2D eigenvalue weighted by molar-refractivity contribution is 0.119. The third-order valence-corrected chi connectivity index (χ3v) is 4.74. The molecular formula is C16H33N5. The molecule has 0 bridgehead atoms. The standard InChI is InChI=1S/C16H33N5/c1-6-17-15(21-8-7-16(2,3)13-21)18-11-14-12-19(4)9-10-20(14)5/h14H,6-13H2,1-5H3,(H,17,18). The minimum absolute atomic E-state index is 0.415. The van der Waals surface area contributed by atoms with Gasteiger partial charge in [-0.05, 0) is 32.9 Å². The summed E-state index contributed by atoms with van der Waals surface area (Å²) in [4.78, 5) is 12.2. The molecule has 2 heterocycles. The number of rotatable bonds is 3. The molecule has 0 aromatic rings. The fraction of sp³-hybridized carbons (Fsp3) is 0.938. The largest absolute Gasteiger partial charge is 0.357 e. The lowest BCUT2D eigenvalue weighted by Crippen LogP contribution is -2.51. The second-order valence-electron chi connectivity index (χ2n) is 7.43. The van der Waals surface area contributed by atoms with Crippen molar-refractivity contribution in [2.75, 3.05) is 59.9 Å². The van der Waals surface area contributed by atoms with Crippen molar-refractivity contribution in [3.63, 3.8) is 0 Å². The summed E-state index contributed by atoms with van der Waals surface area (Å²) < 4.78 is 0. The summed E-state index contributed by atoms with van der Waals surface area (Å²) >= 11 is 0. The summed E-state index contributed by atoms with van der Waals surface area (Å²) in [7, 11) is 4.43. The third-order valence-electron chi connectivity index (χ3n) is 4.74. The van der Waals surface area contributed by atoms with Gasteiger partial charge < -0.3 is 15.1 Å². The molecule has 5 nitrogen and oxygen atoms in total.